The normalized spacial score (nSPS) is 30.3. The molecule has 0 spiro atoms. The molecule has 2 atom stereocenters. The molecule has 3 rings (SSSR count). The van der Waals surface area contributed by atoms with Crippen LogP contribution < -0.4 is 4.90 Å². The van der Waals surface area contributed by atoms with Crippen LogP contribution in [0.5, 0.6) is 0 Å². The quantitative estimate of drug-likeness (QED) is 0.700. The molecule has 3 nitrogen and oxygen atoms in total. The molecule has 0 amide bonds. The molecule has 1 aromatic rings. The van der Waals surface area contributed by atoms with Gasteiger partial charge in [0.15, 0.2) is 0 Å². The van der Waals surface area contributed by atoms with Crippen LogP contribution in [0.1, 0.15) is 25.7 Å². The van der Waals surface area contributed by atoms with Crippen molar-refractivity contribution >= 4 is 5.82 Å². The maximum absolute atomic E-state index is 4.38. The molecule has 0 radical (unpaired) electrons. The Morgan fingerprint density at radius 2 is 1.80 bits per heavy atom. The third kappa shape index (κ3) is 1.71. The zero-order valence-electron chi connectivity index (χ0n) is 8.97. The number of hydrogen-bond donors (Lipinski definition) is 0. The molecule has 1 aliphatic carbocycles. The van der Waals surface area contributed by atoms with Crippen molar-refractivity contribution in [1.29, 1.82) is 0 Å². The van der Waals surface area contributed by atoms with Gasteiger partial charge in [0.1, 0.15) is 5.82 Å². The minimum absolute atomic E-state index is 0.917. The smallest absolute Gasteiger partial charge is 0.147 e. The van der Waals surface area contributed by atoms with E-state index in [4.69, 9.17) is 0 Å². The zero-order valence-corrected chi connectivity index (χ0v) is 8.97. The lowest BCUT2D eigenvalue weighted by Crippen LogP contribution is -2.20. The van der Waals surface area contributed by atoms with E-state index in [1.165, 1.54) is 38.8 Å². The first-order chi connectivity index (χ1) is 7.43. The predicted molar refractivity (Wildman–Crippen MR) is 59.7 cm³/mol. The Balaban J connectivity index is 1.75. The summed E-state index contributed by atoms with van der Waals surface area (Å²) in [7, 11) is 0. The number of nitrogens with zero attached hydrogens (tertiary/aromatic N) is 3. The molecule has 2 heterocycles. The van der Waals surface area contributed by atoms with E-state index in [-0.39, 0.29) is 0 Å². The topological polar surface area (TPSA) is 29.0 Å². The summed E-state index contributed by atoms with van der Waals surface area (Å²) in [6.45, 7) is 2.40. The lowest BCUT2D eigenvalue weighted by Gasteiger charge is -2.22. The molecule has 1 aliphatic heterocycles. The second-order valence-electron chi connectivity index (χ2n) is 4.77. The highest BCUT2D eigenvalue weighted by molar-refractivity contribution is 5.37. The van der Waals surface area contributed by atoms with Crippen LogP contribution in [0.2, 0.25) is 0 Å². The molecule has 1 saturated carbocycles. The summed E-state index contributed by atoms with van der Waals surface area (Å²) in [6.07, 6.45) is 11.1. The molecule has 1 aromatic heterocycles. The van der Waals surface area contributed by atoms with Gasteiger partial charge < -0.3 is 4.90 Å². The van der Waals surface area contributed by atoms with Crippen molar-refractivity contribution in [1.82, 2.24) is 9.97 Å². The van der Waals surface area contributed by atoms with Crippen molar-refractivity contribution in [2.45, 2.75) is 25.7 Å². The molecule has 15 heavy (non-hydrogen) atoms. The molecule has 80 valence electrons. The monoisotopic (exact) mass is 203 g/mol. The Morgan fingerprint density at radius 3 is 2.40 bits per heavy atom. The zero-order chi connectivity index (χ0) is 10.1. The molecule has 2 aliphatic rings. The van der Waals surface area contributed by atoms with Gasteiger partial charge in [-0.25, -0.2) is 4.98 Å². The maximum atomic E-state index is 4.38. The molecule has 0 N–H and O–H groups in total. The highest BCUT2D eigenvalue weighted by Crippen LogP contribution is 2.37. The van der Waals surface area contributed by atoms with Gasteiger partial charge in [-0.2, -0.15) is 0 Å². The first-order valence-corrected chi connectivity index (χ1v) is 5.94. The van der Waals surface area contributed by atoms with E-state index in [1.807, 2.05) is 6.20 Å². The first kappa shape index (κ1) is 9.13. The number of hydrogen-bond acceptors (Lipinski definition) is 3. The minimum Gasteiger partial charge on any atom is -0.355 e. The van der Waals surface area contributed by atoms with Crippen LogP contribution >= 0.6 is 0 Å². The van der Waals surface area contributed by atoms with Gasteiger partial charge in [0.25, 0.3) is 0 Å². The first-order valence-electron chi connectivity index (χ1n) is 5.94. The largest absolute Gasteiger partial charge is 0.355 e. The summed E-state index contributed by atoms with van der Waals surface area (Å²) in [5, 5.41) is 0. The SMILES string of the molecule is c1cnc(N2CC3CCCCC3C2)cn1. The highest BCUT2D eigenvalue weighted by Gasteiger charge is 2.34. The lowest BCUT2D eigenvalue weighted by molar-refractivity contribution is 0.299. The van der Waals surface area contributed by atoms with Gasteiger partial charge in [-0.3, -0.25) is 4.98 Å². The van der Waals surface area contributed by atoms with Crippen molar-refractivity contribution in [3.63, 3.8) is 0 Å². The van der Waals surface area contributed by atoms with Crippen LogP contribution in [-0.4, -0.2) is 23.1 Å². The van der Waals surface area contributed by atoms with E-state index in [9.17, 15) is 0 Å². The summed E-state index contributed by atoms with van der Waals surface area (Å²) in [5.74, 6) is 2.90. The number of fused-ring (bicyclic) bond motifs is 1. The molecular formula is C12H17N3. The van der Waals surface area contributed by atoms with E-state index >= 15 is 0 Å². The van der Waals surface area contributed by atoms with Crippen molar-refractivity contribution in [2.24, 2.45) is 11.8 Å². The van der Waals surface area contributed by atoms with E-state index in [2.05, 4.69) is 14.9 Å². The van der Waals surface area contributed by atoms with Crippen LogP contribution in [-0.2, 0) is 0 Å². The lowest BCUT2D eigenvalue weighted by atomic mass is 9.82. The molecule has 0 aromatic carbocycles. The van der Waals surface area contributed by atoms with Crippen LogP contribution in [0.3, 0.4) is 0 Å². The number of aromatic nitrogens is 2. The third-order valence-corrected chi connectivity index (χ3v) is 3.85. The molecule has 1 saturated heterocycles. The predicted octanol–water partition coefficient (Wildman–Crippen LogP) is 2.10. The van der Waals surface area contributed by atoms with Crippen LogP contribution in [0.25, 0.3) is 0 Å². The number of anilines is 1. The van der Waals surface area contributed by atoms with Gasteiger partial charge in [0.2, 0.25) is 0 Å². The highest BCUT2D eigenvalue weighted by atomic mass is 15.2. The summed E-state index contributed by atoms with van der Waals surface area (Å²) in [6, 6.07) is 0. The standard InChI is InChI=1S/C12H17N3/c1-2-4-11-9-15(8-10(11)3-1)12-7-13-5-6-14-12/h5-7,10-11H,1-4,8-9H2. The minimum atomic E-state index is 0.917. The van der Waals surface area contributed by atoms with Crippen LogP contribution in [0.4, 0.5) is 5.82 Å². The Morgan fingerprint density at radius 1 is 1.07 bits per heavy atom. The van der Waals surface area contributed by atoms with Gasteiger partial charge in [-0.1, -0.05) is 12.8 Å². The fourth-order valence-corrected chi connectivity index (χ4v) is 3.05. The Kier molecular flexibility index (Phi) is 2.31. The second kappa shape index (κ2) is 3.80. The van der Waals surface area contributed by atoms with Crippen molar-refractivity contribution in [3.8, 4) is 0 Å². The average molecular weight is 203 g/mol. The fourth-order valence-electron chi connectivity index (χ4n) is 3.05. The van der Waals surface area contributed by atoms with E-state index in [0.29, 0.717) is 0 Å². The van der Waals surface area contributed by atoms with Crippen molar-refractivity contribution in [2.75, 3.05) is 18.0 Å². The number of rotatable bonds is 1. The van der Waals surface area contributed by atoms with Gasteiger partial charge >= 0.3 is 0 Å². The molecule has 0 bridgehead atoms. The summed E-state index contributed by atoms with van der Waals surface area (Å²) >= 11 is 0. The van der Waals surface area contributed by atoms with Crippen molar-refractivity contribution in [3.05, 3.63) is 18.6 Å². The summed E-state index contributed by atoms with van der Waals surface area (Å²) in [4.78, 5) is 10.9. The average Bonchev–Trinajstić information content (AvgIpc) is 2.74. The molecular weight excluding hydrogens is 186 g/mol. The van der Waals surface area contributed by atoms with Gasteiger partial charge in [0, 0.05) is 25.5 Å². The van der Waals surface area contributed by atoms with Gasteiger partial charge in [-0.05, 0) is 24.7 Å². The summed E-state index contributed by atoms with van der Waals surface area (Å²) in [5.41, 5.74) is 0. The van der Waals surface area contributed by atoms with E-state index in [1.54, 1.807) is 12.4 Å². The summed E-state index contributed by atoms with van der Waals surface area (Å²) < 4.78 is 0. The second-order valence-corrected chi connectivity index (χ2v) is 4.77. The maximum Gasteiger partial charge on any atom is 0.147 e. The molecule has 3 heteroatoms. The van der Waals surface area contributed by atoms with Crippen LogP contribution in [0.15, 0.2) is 18.6 Å². The van der Waals surface area contributed by atoms with Gasteiger partial charge in [0.05, 0.1) is 6.20 Å². The molecule has 2 fully saturated rings. The Labute approximate surface area is 90.5 Å². The molecule has 2 unspecified atom stereocenters. The van der Waals surface area contributed by atoms with Gasteiger partial charge in [-0.15, -0.1) is 0 Å². The third-order valence-electron chi connectivity index (χ3n) is 3.85. The van der Waals surface area contributed by atoms with Crippen molar-refractivity contribution < 1.29 is 0 Å². The van der Waals surface area contributed by atoms with E-state index < -0.39 is 0 Å². The fraction of sp³-hybridized carbons (Fsp3) is 0.667. The van der Waals surface area contributed by atoms with Crippen LogP contribution in [0, 0.1) is 11.8 Å². The Hall–Kier alpha value is -1.12. The van der Waals surface area contributed by atoms with E-state index in [0.717, 1.165) is 17.7 Å². The Bertz CT molecular complexity index is 311.